The lowest BCUT2D eigenvalue weighted by molar-refractivity contribution is 0.142. The van der Waals surface area contributed by atoms with E-state index in [-0.39, 0.29) is 0 Å². The Labute approximate surface area is 69.7 Å². The van der Waals surface area contributed by atoms with Gasteiger partial charge in [0.25, 0.3) is 0 Å². The molecule has 0 aromatic rings. The minimum Gasteiger partial charge on any atom is -0.448 e. The van der Waals surface area contributed by atoms with Crippen LogP contribution in [-0.4, -0.2) is 44.6 Å². The fourth-order valence-electron chi connectivity index (χ4n) is 1.27. The first kappa shape index (κ1) is 9.86. The van der Waals surface area contributed by atoms with E-state index in [1.54, 1.807) is 0 Å². The second-order valence-corrected chi connectivity index (χ2v) is 2.98. The van der Waals surface area contributed by atoms with Gasteiger partial charge >= 0.3 is 6.98 Å². The van der Waals surface area contributed by atoms with Crippen molar-refractivity contribution in [3.63, 3.8) is 0 Å². The first-order valence-corrected chi connectivity index (χ1v) is 4.09. The van der Waals surface area contributed by atoms with Crippen LogP contribution >= 0.6 is 0 Å². The van der Waals surface area contributed by atoms with Crippen molar-refractivity contribution in [3.05, 3.63) is 0 Å². The van der Waals surface area contributed by atoms with Crippen LogP contribution < -0.4 is 0 Å². The molecule has 1 heterocycles. The van der Waals surface area contributed by atoms with Crippen LogP contribution in [0, 0.1) is 0 Å². The predicted octanol–water partition coefficient (Wildman–Crippen LogP) is 1.10. The first-order chi connectivity index (χ1) is 5.58. The zero-order valence-electron chi connectivity index (χ0n) is 6.81. The molecule has 0 aromatic heterocycles. The van der Waals surface area contributed by atoms with E-state index in [1.807, 2.05) is 0 Å². The highest BCUT2D eigenvalue weighted by atomic mass is 19.4. The minimum atomic E-state index is -4.67. The summed E-state index contributed by atoms with van der Waals surface area (Å²) in [6, 6.07) is 0. The highest BCUT2D eigenvalue weighted by Crippen LogP contribution is 2.11. The molecule has 1 saturated heterocycles. The van der Waals surface area contributed by atoms with Gasteiger partial charge in [-0.2, -0.15) is 0 Å². The fourth-order valence-corrected chi connectivity index (χ4v) is 1.27. The molecule has 0 atom stereocenters. The van der Waals surface area contributed by atoms with Crippen molar-refractivity contribution >= 4 is 6.98 Å². The summed E-state index contributed by atoms with van der Waals surface area (Å²) in [6.45, 7) is -2.76. The van der Waals surface area contributed by atoms with Gasteiger partial charge in [0.05, 0.1) is 6.61 Å². The van der Waals surface area contributed by atoms with Crippen molar-refractivity contribution in [1.82, 2.24) is 4.90 Å². The second-order valence-electron chi connectivity index (χ2n) is 2.98. The molecule has 0 bridgehead atoms. The molecule has 1 rings (SSSR count). The Morgan fingerprint density at radius 2 is 1.92 bits per heavy atom. The zero-order valence-corrected chi connectivity index (χ0v) is 6.81. The minimum absolute atomic E-state index is 0.404. The highest BCUT2D eigenvalue weighted by molar-refractivity contribution is 6.58. The largest absolute Gasteiger partial charge is 0.492 e. The monoisotopic (exact) mass is 182 g/mol. The topological polar surface area (TPSA) is 12.5 Å². The Morgan fingerprint density at radius 3 is 2.58 bits per heavy atom. The molecule has 0 spiro atoms. The maximum atomic E-state index is 12.0. The summed E-state index contributed by atoms with van der Waals surface area (Å²) in [5, 5.41) is 0. The third-order valence-electron chi connectivity index (χ3n) is 1.78. The second kappa shape index (κ2) is 4.14. The molecule has 0 N–H and O–H groups in total. The normalized spacial score (nSPS) is 22.2. The third kappa shape index (κ3) is 3.97. The van der Waals surface area contributed by atoms with Crippen molar-refractivity contribution in [1.29, 1.82) is 0 Å². The molecule has 1 aliphatic heterocycles. The number of hydrogen-bond donors (Lipinski definition) is 0. The van der Waals surface area contributed by atoms with Crippen LogP contribution in [0.15, 0.2) is 0 Å². The molecule has 72 valence electrons. The molecule has 0 unspecified atom stereocenters. The van der Waals surface area contributed by atoms with Gasteiger partial charge < -0.3 is 22.6 Å². The number of halogens is 3. The van der Waals surface area contributed by atoms with Crippen molar-refractivity contribution in [2.24, 2.45) is 0 Å². The van der Waals surface area contributed by atoms with E-state index in [0.29, 0.717) is 32.7 Å². The van der Waals surface area contributed by atoms with Crippen molar-refractivity contribution in [2.75, 3.05) is 32.7 Å². The molecule has 0 aliphatic carbocycles. The van der Waals surface area contributed by atoms with E-state index in [9.17, 15) is 12.9 Å². The van der Waals surface area contributed by atoms with Gasteiger partial charge in [-0.25, -0.2) is 0 Å². The van der Waals surface area contributed by atoms with Crippen molar-refractivity contribution < 1.29 is 17.7 Å². The Balaban J connectivity index is 2.30. The summed E-state index contributed by atoms with van der Waals surface area (Å²) in [6.07, 6.45) is -0.0461. The van der Waals surface area contributed by atoms with Gasteiger partial charge in [-0.05, 0) is 19.4 Å². The van der Waals surface area contributed by atoms with Gasteiger partial charge in [-0.3, -0.25) is 0 Å². The van der Waals surface area contributed by atoms with Crippen molar-refractivity contribution in [2.45, 2.75) is 6.42 Å². The molecule has 0 aromatic carbocycles. The van der Waals surface area contributed by atoms with Crippen LogP contribution in [-0.2, 0) is 4.74 Å². The Bertz CT molecular complexity index is 133. The molecule has 2 nitrogen and oxygen atoms in total. The van der Waals surface area contributed by atoms with Crippen LogP contribution in [0.4, 0.5) is 12.9 Å². The van der Waals surface area contributed by atoms with Crippen molar-refractivity contribution in [3.8, 4) is 0 Å². The lowest BCUT2D eigenvalue weighted by Gasteiger charge is -2.25. The molecular weight excluding hydrogens is 170 g/mol. The van der Waals surface area contributed by atoms with Crippen LogP contribution in [0.2, 0.25) is 0 Å². The summed E-state index contributed by atoms with van der Waals surface area (Å²) in [5.41, 5.74) is 0. The van der Waals surface area contributed by atoms with Gasteiger partial charge in [0.1, 0.15) is 0 Å². The van der Waals surface area contributed by atoms with Crippen LogP contribution in [0.1, 0.15) is 6.42 Å². The number of ether oxygens (including phenoxy) is 1. The molecule has 1 fully saturated rings. The predicted molar refractivity (Wildman–Crippen MR) is 41.0 cm³/mol. The first-order valence-electron chi connectivity index (χ1n) is 4.09. The quantitative estimate of drug-likeness (QED) is 0.592. The average molecular weight is 182 g/mol. The maximum absolute atomic E-state index is 12.0. The van der Waals surface area contributed by atoms with Crippen LogP contribution in [0.25, 0.3) is 0 Å². The van der Waals surface area contributed by atoms with Gasteiger partial charge in [0.2, 0.25) is 0 Å². The third-order valence-corrected chi connectivity index (χ3v) is 1.78. The van der Waals surface area contributed by atoms with Gasteiger partial charge in [0.15, 0.2) is 0 Å². The smallest absolute Gasteiger partial charge is 0.448 e. The Hall–Kier alpha value is -0.225. The van der Waals surface area contributed by atoms with E-state index in [4.69, 9.17) is 4.74 Å². The maximum Gasteiger partial charge on any atom is 0.492 e. The summed E-state index contributed by atoms with van der Waals surface area (Å²) in [5.74, 6) is 0. The number of hydrogen-bond acceptors (Lipinski definition) is 2. The Kier molecular flexibility index (Phi) is 3.40. The van der Waals surface area contributed by atoms with Crippen LogP contribution in [0.5, 0.6) is 0 Å². The highest BCUT2D eigenvalue weighted by Gasteiger charge is 2.26. The fraction of sp³-hybridized carbons (Fsp3) is 1.00. The lowest BCUT2D eigenvalue weighted by atomic mass is 9.91. The Morgan fingerprint density at radius 1 is 1.17 bits per heavy atom. The summed E-state index contributed by atoms with van der Waals surface area (Å²) < 4.78 is 40.9. The molecule has 0 saturated carbocycles. The van der Waals surface area contributed by atoms with E-state index in [1.165, 1.54) is 4.90 Å². The number of rotatable bonds is 2. The average Bonchev–Trinajstić information content (AvgIpc) is 2.12. The lowest BCUT2D eigenvalue weighted by Crippen LogP contribution is -2.39. The van der Waals surface area contributed by atoms with Crippen LogP contribution in [0.3, 0.4) is 0 Å². The standard InChI is InChI=1S/C6H12BF3NO/c8-7(9,10)6-11-2-1-4-12-5-3-11/h1-6H2/q-1. The number of nitrogens with zero attached hydrogens (tertiary/aromatic N) is 1. The molecule has 0 radical (unpaired) electrons. The SMILES string of the molecule is F[B-](F)(F)CN1CCCOCC1. The van der Waals surface area contributed by atoms with E-state index >= 15 is 0 Å². The van der Waals surface area contributed by atoms with E-state index in [0.717, 1.165) is 0 Å². The zero-order chi connectivity index (χ0) is 9.03. The summed E-state index contributed by atoms with van der Waals surface area (Å²) in [4.78, 5) is 1.41. The van der Waals surface area contributed by atoms with Gasteiger partial charge in [-0.1, -0.05) is 0 Å². The molecule has 12 heavy (non-hydrogen) atoms. The van der Waals surface area contributed by atoms with Gasteiger partial charge in [-0.15, -0.1) is 0 Å². The summed E-state index contributed by atoms with van der Waals surface area (Å²) in [7, 11) is 0. The molecular formula is C6H12BF3NO-. The molecule has 0 amide bonds. The molecule has 6 heteroatoms. The summed E-state index contributed by atoms with van der Waals surface area (Å²) >= 11 is 0. The van der Waals surface area contributed by atoms with E-state index in [2.05, 4.69) is 0 Å². The van der Waals surface area contributed by atoms with E-state index < -0.39 is 13.4 Å². The molecule has 1 aliphatic rings. The van der Waals surface area contributed by atoms with Gasteiger partial charge in [0, 0.05) is 13.2 Å².